The summed E-state index contributed by atoms with van der Waals surface area (Å²) in [4.78, 5) is 20.8. The van der Waals surface area contributed by atoms with Gasteiger partial charge in [-0.05, 0) is 93.7 Å². The number of carbonyl (C=O) groups is 1. The first-order valence-electron chi connectivity index (χ1n) is 14.5. The largest absolute Gasteiger partial charge is 0.339 e. The summed E-state index contributed by atoms with van der Waals surface area (Å²) in [6.45, 7) is -2.15. The monoisotopic (exact) mass is 551 g/mol. The lowest BCUT2D eigenvalue weighted by molar-refractivity contribution is -0.211. The number of carbonyl (C=O) groups excluding carboxylic acids is 1. The van der Waals surface area contributed by atoms with Gasteiger partial charge >= 0.3 is 6.55 Å². The third-order valence-corrected chi connectivity index (χ3v) is 10.7. The smallest absolute Gasteiger partial charge is 0.333 e. The first kappa shape index (κ1) is 24.6. The summed E-state index contributed by atoms with van der Waals surface area (Å²) in [7, 11) is 0. The standard InChI is InChI=1S/C30H32F3N5O2/c31-26(32)38-14-21(13-34-38)20-2-1-3-22(12-20)37(25(39)29-15-30(33,16-29)17-29)18-27-6-9-28(10-7-27,11-8-27)24-35-23(36-40-24)19-4-5-19/h1-3,12-14,19,26H,4-11,15-18H2. The number of hydrogen-bond acceptors (Lipinski definition) is 5. The highest BCUT2D eigenvalue weighted by Crippen LogP contribution is 2.70. The van der Waals surface area contributed by atoms with Crippen LogP contribution in [0.5, 0.6) is 0 Å². The second-order valence-corrected chi connectivity index (χ2v) is 13.4. The highest BCUT2D eigenvalue weighted by atomic mass is 19.3. The molecule has 7 aliphatic carbocycles. The van der Waals surface area contributed by atoms with Gasteiger partial charge < -0.3 is 9.42 Å². The number of nitrogens with zero attached hydrogens (tertiary/aromatic N) is 5. The number of aromatic nitrogens is 4. The van der Waals surface area contributed by atoms with Crippen LogP contribution in [0.25, 0.3) is 11.1 Å². The Balaban J connectivity index is 1.07. The minimum absolute atomic E-state index is 0.00443. The van der Waals surface area contributed by atoms with E-state index in [1.807, 2.05) is 29.2 Å². The van der Waals surface area contributed by atoms with Crippen molar-refractivity contribution in [3.8, 4) is 11.1 Å². The Hall–Kier alpha value is -3.17. The molecule has 7 saturated carbocycles. The highest BCUT2D eigenvalue weighted by molar-refractivity contribution is 6.00. The van der Waals surface area contributed by atoms with Crippen LogP contribution >= 0.6 is 0 Å². The Morgan fingerprint density at radius 3 is 2.42 bits per heavy atom. The molecule has 4 bridgehead atoms. The summed E-state index contributed by atoms with van der Waals surface area (Å²) in [5.74, 6) is 2.09. The molecule has 1 amide bonds. The number of amides is 1. The second kappa shape index (κ2) is 8.19. The van der Waals surface area contributed by atoms with E-state index in [-0.39, 0.29) is 16.7 Å². The SMILES string of the molecule is O=C(N(CC12CCC(c3nc(C4CC4)no3)(CC1)CC2)c1cccc(-c2cnn(C(F)F)c2)c1)C12CC(F)(C1)C2. The van der Waals surface area contributed by atoms with E-state index in [1.54, 1.807) is 0 Å². The summed E-state index contributed by atoms with van der Waals surface area (Å²) in [6.07, 6.45) is 11.6. The topological polar surface area (TPSA) is 77.1 Å². The van der Waals surface area contributed by atoms with E-state index in [4.69, 9.17) is 9.51 Å². The molecule has 7 aliphatic rings. The molecule has 40 heavy (non-hydrogen) atoms. The van der Waals surface area contributed by atoms with Gasteiger partial charge in [0, 0.05) is 35.3 Å². The van der Waals surface area contributed by atoms with Gasteiger partial charge in [0.2, 0.25) is 11.8 Å². The maximum Gasteiger partial charge on any atom is 0.333 e. The Morgan fingerprint density at radius 2 is 1.80 bits per heavy atom. The molecular formula is C30H32F3N5O2. The summed E-state index contributed by atoms with van der Waals surface area (Å²) in [5.41, 5.74) is 0.106. The van der Waals surface area contributed by atoms with E-state index in [1.165, 1.54) is 12.4 Å². The van der Waals surface area contributed by atoms with Crippen LogP contribution in [0, 0.1) is 10.8 Å². The highest BCUT2D eigenvalue weighted by Gasteiger charge is 2.73. The Kier molecular flexibility index (Phi) is 5.04. The van der Waals surface area contributed by atoms with Crippen LogP contribution in [-0.2, 0) is 10.2 Å². The first-order valence-corrected chi connectivity index (χ1v) is 14.5. The fraction of sp³-hybridized carbons (Fsp3) is 0.600. The predicted molar refractivity (Wildman–Crippen MR) is 139 cm³/mol. The molecule has 2 heterocycles. The number of fused-ring (bicyclic) bond motifs is 3. The predicted octanol–water partition coefficient (Wildman–Crippen LogP) is 6.72. The Bertz CT molecular complexity index is 1450. The summed E-state index contributed by atoms with van der Waals surface area (Å²) < 4.78 is 47.2. The molecule has 7 fully saturated rings. The van der Waals surface area contributed by atoms with Crippen LogP contribution in [-0.4, -0.2) is 38.0 Å². The molecule has 2 aromatic heterocycles. The first-order chi connectivity index (χ1) is 19.2. The molecule has 0 aliphatic heterocycles. The van der Waals surface area contributed by atoms with E-state index in [2.05, 4.69) is 10.3 Å². The van der Waals surface area contributed by atoms with Crippen molar-refractivity contribution >= 4 is 11.6 Å². The number of halogens is 3. The molecule has 3 aromatic rings. The van der Waals surface area contributed by atoms with Crippen molar-refractivity contribution in [3.05, 3.63) is 48.4 Å². The molecule has 0 radical (unpaired) electrons. The van der Waals surface area contributed by atoms with E-state index >= 15 is 0 Å². The minimum Gasteiger partial charge on any atom is -0.339 e. The molecule has 1 aromatic carbocycles. The number of anilines is 1. The van der Waals surface area contributed by atoms with E-state index in [9.17, 15) is 18.0 Å². The normalized spacial score (nSPS) is 34.0. The zero-order valence-corrected chi connectivity index (χ0v) is 22.3. The number of hydrogen-bond donors (Lipinski definition) is 0. The van der Waals surface area contributed by atoms with Crippen molar-refractivity contribution in [2.24, 2.45) is 10.8 Å². The average Bonchev–Trinajstić information content (AvgIpc) is 3.44. The lowest BCUT2D eigenvalue weighted by atomic mass is 9.41. The van der Waals surface area contributed by atoms with Gasteiger partial charge in [-0.15, -0.1) is 0 Å². The van der Waals surface area contributed by atoms with Gasteiger partial charge in [0.1, 0.15) is 5.67 Å². The van der Waals surface area contributed by atoms with Gasteiger partial charge in [-0.2, -0.15) is 18.9 Å². The Morgan fingerprint density at radius 1 is 1.07 bits per heavy atom. The summed E-state index contributed by atoms with van der Waals surface area (Å²) in [6, 6.07) is 7.47. The quantitative estimate of drug-likeness (QED) is 0.311. The minimum atomic E-state index is -2.72. The van der Waals surface area contributed by atoms with Crippen molar-refractivity contribution in [2.45, 2.75) is 94.2 Å². The van der Waals surface area contributed by atoms with Gasteiger partial charge in [-0.1, -0.05) is 17.3 Å². The van der Waals surface area contributed by atoms with Crippen LogP contribution in [0.15, 0.2) is 41.2 Å². The fourth-order valence-corrected chi connectivity index (χ4v) is 8.02. The third-order valence-electron chi connectivity index (χ3n) is 10.7. The van der Waals surface area contributed by atoms with Crippen molar-refractivity contribution in [3.63, 3.8) is 0 Å². The van der Waals surface area contributed by atoms with Crippen molar-refractivity contribution in [1.29, 1.82) is 0 Å². The maximum absolute atomic E-state index is 14.5. The van der Waals surface area contributed by atoms with E-state index in [0.717, 1.165) is 68.8 Å². The lowest BCUT2D eigenvalue weighted by Crippen LogP contribution is -2.71. The Labute approximate surface area is 230 Å². The van der Waals surface area contributed by atoms with Crippen LogP contribution < -0.4 is 4.90 Å². The molecule has 10 heteroatoms. The van der Waals surface area contributed by atoms with Gasteiger partial charge in [0.25, 0.3) is 0 Å². The molecule has 0 unspecified atom stereocenters. The fourth-order valence-electron chi connectivity index (χ4n) is 8.02. The lowest BCUT2D eigenvalue weighted by Gasteiger charge is -2.65. The molecule has 0 saturated heterocycles. The molecular weight excluding hydrogens is 519 g/mol. The van der Waals surface area contributed by atoms with Crippen LogP contribution in [0.4, 0.5) is 18.9 Å². The number of benzene rings is 1. The van der Waals surface area contributed by atoms with Gasteiger partial charge in [0.05, 0.1) is 11.6 Å². The maximum atomic E-state index is 14.5. The molecule has 0 N–H and O–H groups in total. The second-order valence-electron chi connectivity index (χ2n) is 13.4. The number of alkyl halides is 3. The summed E-state index contributed by atoms with van der Waals surface area (Å²) in [5, 5.41) is 8.05. The van der Waals surface area contributed by atoms with Gasteiger partial charge in [0.15, 0.2) is 5.82 Å². The van der Waals surface area contributed by atoms with Crippen molar-refractivity contribution in [1.82, 2.24) is 19.9 Å². The van der Waals surface area contributed by atoms with Crippen LogP contribution in [0.1, 0.15) is 94.8 Å². The molecule has 0 spiro atoms. The van der Waals surface area contributed by atoms with Gasteiger partial charge in [-0.3, -0.25) is 4.79 Å². The third kappa shape index (κ3) is 3.70. The van der Waals surface area contributed by atoms with Crippen LogP contribution in [0.2, 0.25) is 0 Å². The average molecular weight is 552 g/mol. The zero-order chi connectivity index (χ0) is 27.3. The zero-order valence-electron chi connectivity index (χ0n) is 22.3. The van der Waals surface area contributed by atoms with E-state index in [0.29, 0.717) is 47.5 Å². The molecule has 0 atom stereocenters. The molecule has 7 nitrogen and oxygen atoms in total. The summed E-state index contributed by atoms with van der Waals surface area (Å²) >= 11 is 0. The van der Waals surface area contributed by atoms with Crippen LogP contribution in [0.3, 0.4) is 0 Å². The molecule has 10 rings (SSSR count). The molecule has 210 valence electrons. The van der Waals surface area contributed by atoms with E-state index < -0.39 is 17.6 Å². The number of rotatable bonds is 8. The van der Waals surface area contributed by atoms with Crippen molar-refractivity contribution in [2.75, 3.05) is 11.4 Å². The van der Waals surface area contributed by atoms with Gasteiger partial charge in [-0.25, -0.2) is 9.07 Å². The van der Waals surface area contributed by atoms with Crippen molar-refractivity contribution < 1.29 is 22.5 Å².